The van der Waals surface area contributed by atoms with Crippen LogP contribution in [0.3, 0.4) is 0 Å². The number of carbonyl (C=O) groups excluding carboxylic acids is 1. The van der Waals surface area contributed by atoms with Crippen LogP contribution in [0.15, 0.2) is 0 Å². The first-order valence-corrected chi connectivity index (χ1v) is 5.82. The Morgan fingerprint density at radius 2 is 2.17 bits per heavy atom. The van der Waals surface area contributed by atoms with Crippen LogP contribution in [-0.4, -0.2) is 33.9 Å². The normalized spacial score (nSPS) is 12.2. The summed E-state index contributed by atoms with van der Waals surface area (Å²) in [6.45, 7) is 4.14. The molecule has 1 N–H and O–H groups in total. The maximum Gasteiger partial charge on any atom is 0.320 e. The number of carboxylic acid groups (broad SMARTS) is 1. The molecule has 1 rings (SSSR count). The van der Waals surface area contributed by atoms with Crippen molar-refractivity contribution in [3.8, 4) is 0 Å². The molecule has 6 nitrogen and oxygen atoms in total. The molecule has 0 aliphatic rings. The van der Waals surface area contributed by atoms with Crippen LogP contribution in [0.2, 0.25) is 5.02 Å². The molecular formula is C11H15ClN2O4. The van der Waals surface area contributed by atoms with Gasteiger partial charge in [-0.1, -0.05) is 11.6 Å². The summed E-state index contributed by atoms with van der Waals surface area (Å²) in [4.78, 5) is 22.4. The summed E-state index contributed by atoms with van der Waals surface area (Å²) in [7, 11) is 1.16. The van der Waals surface area contributed by atoms with Gasteiger partial charge >= 0.3 is 11.9 Å². The topological polar surface area (TPSA) is 81.4 Å². The Morgan fingerprint density at radius 1 is 1.56 bits per heavy atom. The van der Waals surface area contributed by atoms with Crippen molar-refractivity contribution in [2.24, 2.45) is 5.92 Å². The van der Waals surface area contributed by atoms with E-state index in [-0.39, 0.29) is 6.42 Å². The highest BCUT2D eigenvalue weighted by atomic mass is 35.5. The van der Waals surface area contributed by atoms with Gasteiger partial charge in [0, 0.05) is 13.0 Å². The first-order chi connectivity index (χ1) is 8.42. The standard InChI is InChI=1S/C11H15ClN2O4/c1-4-14-8(9(12)6(2)13-14)5-7(10(15)16)11(17)18-3/h7H,4-5H2,1-3H3,(H,15,16). The molecule has 1 atom stereocenters. The zero-order chi connectivity index (χ0) is 13.9. The van der Waals surface area contributed by atoms with Gasteiger partial charge in [0.05, 0.1) is 23.5 Å². The van der Waals surface area contributed by atoms with Gasteiger partial charge in [-0.25, -0.2) is 0 Å². The highest BCUT2D eigenvalue weighted by Gasteiger charge is 2.30. The largest absolute Gasteiger partial charge is 0.481 e. The third-order valence-corrected chi connectivity index (χ3v) is 3.13. The van der Waals surface area contributed by atoms with Crippen LogP contribution < -0.4 is 0 Å². The molecule has 0 aliphatic heterocycles. The molecule has 0 radical (unpaired) electrons. The summed E-state index contributed by atoms with van der Waals surface area (Å²) in [6.07, 6.45) is -0.0322. The van der Waals surface area contributed by atoms with Gasteiger partial charge in [0.1, 0.15) is 0 Å². The average Bonchev–Trinajstić information content (AvgIpc) is 2.61. The lowest BCUT2D eigenvalue weighted by Gasteiger charge is -2.11. The summed E-state index contributed by atoms with van der Waals surface area (Å²) in [5.41, 5.74) is 1.15. The lowest BCUT2D eigenvalue weighted by Crippen LogP contribution is -2.28. The summed E-state index contributed by atoms with van der Waals surface area (Å²) in [5.74, 6) is -3.30. The van der Waals surface area contributed by atoms with E-state index in [9.17, 15) is 9.59 Å². The van der Waals surface area contributed by atoms with Crippen molar-refractivity contribution >= 4 is 23.5 Å². The van der Waals surface area contributed by atoms with Gasteiger partial charge in [0.25, 0.3) is 0 Å². The molecule has 18 heavy (non-hydrogen) atoms. The van der Waals surface area contributed by atoms with Gasteiger partial charge in [-0.2, -0.15) is 5.10 Å². The number of rotatable bonds is 5. The molecule has 0 saturated heterocycles. The minimum absolute atomic E-state index is 0.0322. The summed E-state index contributed by atoms with van der Waals surface area (Å²) >= 11 is 6.06. The summed E-state index contributed by atoms with van der Waals surface area (Å²) < 4.78 is 6.07. The van der Waals surface area contributed by atoms with Crippen LogP contribution in [0.4, 0.5) is 0 Å². The van der Waals surface area contributed by atoms with Crippen molar-refractivity contribution in [3.05, 3.63) is 16.4 Å². The molecule has 0 aliphatic carbocycles. The van der Waals surface area contributed by atoms with Crippen molar-refractivity contribution in [3.63, 3.8) is 0 Å². The second-order valence-electron chi connectivity index (χ2n) is 3.78. The Labute approximate surface area is 109 Å². The number of halogens is 1. The quantitative estimate of drug-likeness (QED) is 0.646. The third-order valence-electron chi connectivity index (χ3n) is 2.63. The lowest BCUT2D eigenvalue weighted by atomic mass is 10.0. The van der Waals surface area contributed by atoms with Crippen molar-refractivity contribution in [2.45, 2.75) is 26.8 Å². The smallest absolute Gasteiger partial charge is 0.320 e. The number of carboxylic acids is 1. The van der Waals surface area contributed by atoms with Gasteiger partial charge < -0.3 is 9.84 Å². The predicted octanol–water partition coefficient (Wildman–Crippen LogP) is 1.28. The van der Waals surface area contributed by atoms with E-state index in [0.29, 0.717) is 23.0 Å². The highest BCUT2D eigenvalue weighted by molar-refractivity contribution is 6.31. The number of aliphatic carboxylic acids is 1. The van der Waals surface area contributed by atoms with E-state index in [1.807, 2.05) is 6.92 Å². The maximum absolute atomic E-state index is 11.4. The third kappa shape index (κ3) is 2.81. The fourth-order valence-electron chi connectivity index (χ4n) is 1.67. The second kappa shape index (κ2) is 5.86. The Morgan fingerprint density at radius 3 is 2.61 bits per heavy atom. The van der Waals surface area contributed by atoms with Crippen LogP contribution in [0.25, 0.3) is 0 Å². The number of nitrogens with zero attached hydrogens (tertiary/aromatic N) is 2. The number of carbonyl (C=O) groups is 2. The molecule has 7 heteroatoms. The summed E-state index contributed by atoms with van der Waals surface area (Å²) in [5, 5.41) is 13.6. The van der Waals surface area contributed by atoms with E-state index in [1.165, 1.54) is 0 Å². The minimum Gasteiger partial charge on any atom is -0.481 e. The molecule has 0 bridgehead atoms. The van der Waals surface area contributed by atoms with E-state index in [0.717, 1.165) is 7.11 Å². The van der Waals surface area contributed by atoms with Crippen LogP contribution in [0.1, 0.15) is 18.3 Å². The Hall–Kier alpha value is -1.56. The number of esters is 1. The predicted molar refractivity (Wildman–Crippen MR) is 64.5 cm³/mol. The maximum atomic E-state index is 11.4. The molecule has 0 saturated carbocycles. The number of ether oxygens (including phenoxy) is 1. The molecule has 0 spiro atoms. The fraction of sp³-hybridized carbons (Fsp3) is 0.545. The first-order valence-electron chi connectivity index (χ1n) is 5.44. The second-order valence-corrected chi connectivity index (χ2v) is 4.16. The van der Waals surface area contributed by atoms with E-state index < -0.39 is 17.9 Å². The number of aromatic nitrogens is 2. The van der Waals surface area contributed by atoms with Crippen molar-refractivity contribution in [2.75, 3.05) is 7.11 Å². The van der Waals surface area contributed by atoms with E-state index in [4.69, 9.17) is 16.7 Å². The summed E-state index contributed by atoms with van der Waals surface area (Å²) in [6, 6.07) is 0. The van der Waals surface area contributed by atoms with Gasteiger partial charge in [-0.15, -0.1) is 0 Å². The molecule has 1 heterocycles. The monoisotopic (exact) mass is 274 g/mol. The number of aryl methyl sites for hydroxylation is 2. The highest BCUT2D eigenvalue weighted by Crippen LogP contribution is 2.23. The minimum atomic E-state index is -1.27. The number of methoxy groups -OCH3 is 1. The number of hydrogen-bond donors (Lipinski definition) is 1. The van der Waals surface area contributed by atoms with Gasteiger partial charge in [0.15, 0.2) is 5.92 Å². The Bertz CT molecular complexity index is 470. The Kier molecular flexibility index (Phi) is 4.72. The van der Waals surface area contributed by atoms with Crippen LogP contribution in [0.5, 0.6) is 0 Å². The van der Waals surface area contributed by atoms with Crippen molar-refractivity contribution < 1.29 is 19.4 Å². The fourth-order valence-corrected chi connectivity index (χ4v) is 1.88. The number of hydrogen-bond acceptors (Lipinski definition) is 4. The molecule has 1 unspecified atom stereocenters. The molecule has 0 aromatic carbocycles. The van der Waals surface area contributed by atoms with Gasteiger partial charge in [0.2, 0.25) is 0 Å². The zero-order valence-corrected chi connectivity index (χ0v) is 11.2. The molecule has 100 valence electrons. The van der Waals surface area contributed by atoms with E-state index in [1.54, 1.807) is 11.6 Å². The van der Waals surface area contributed by atoms with Gasteiger partial charge in [-0.3, -0.25) is 14.3 Å². The first kappa shape index (κ1) is 14.5. The zero-order valence-electron chi connectivity index (χ0n) is 10.4. The van der Waals surface area contributed by atoms with E-state index in [2.05, 4.69) is 9.84 Å². The molecule has 1 aromatic rings. The average molecular weight is 275 g/mol. The Balaban J connectivity index is 3.07. The van der Waals surface area contributed by atoms with Crippen LogP contribution >= 0.6 is 11.6 Å². The van der Waals surface area contributed by atoms with Crippen molar-refractivity contribution in [1.29, 1.82) is 0 Å². The lowest BCUT2D eigenvalue weighted by molar-refractivity contribution is -0.156. The van der Waals surface area contributed by atoms with Crippen LogP contribution in [0, 0.1) is 12.8 Å². The van der Waals surface area contributed by atoms with Gasteiger partial charge in [-0.05, 0) is 13.8 Å². The van der Waals surface area contributed by atoms with E-state index >= 15 is 0 Å². The van der Waals surface area contributed by atoms with Crippen molar-refractivity contribution in [1.82, 2.24) is 9.78 Å². The SMILES string of the molecule is CCn1nc(C)c(Cl)c1CC(C(=O)O)C(=O)OC. The molecule has 0 amide bonds. The molecular weight excluding hydrogens is 260 g/mol. The molecule has 0 fully saturated rings. The molecule has 1 aromatic heterocycles. The van der Waals surface area contributed by atoms with Crippen LogP contribution in [-0.2, 0) is 27.3 Å².